The lowest BCUT2D eigenvalue weighted by Crippen LogP contribution is -2.46. The second-order valence-electron chi connectivity index (χ2n) is 4.45. The van der Waals surface area contributed by atoms with Crippen LogP contribution in [-0.4, -0.2) is 20.8 Å². The molecule has 0 amide bonds. The van der Waals surface area contributed by atoms with Crippen LogP contribution < -0.4 is 0 Å². The summed E-state index contributed by atoms with van der Waals surface area (Å²) in [5.74, 6) is 2.25. The zero-order valence-electron chi connectivity index (χ0n) is 7.76. The minimum absolute atomic E-state index is 0.0879. The molecule has 0 N–H and O–H groups in total. The molecule has 0 saturated heterocycles. The van der Waals surface area contributed by atoms with Gasteiger partial charge in [0.2, 0.25) is 0 Å². The molecule has 1 nitrogen and oxygen atoms in total. The molecule has 2 fully saturated rings. The monoisotopic (exact) mass is 386 g/mol. The third-order valence-corrected chi connectivity index (χ3v) is 6.78. The summed E-state index contributed by atoms with van der Waals surface area (Å²) in [5.41, 5.74) is 0. The van der Waals surface area contributed by atoms with Crippen LogP contribution in [0.15, 0.2) is 0 Å². The Kier molecular flexibility index (Phi) is 3.76. The van der Waals surface area contributed by atoms with E-state index in [9.17, 15) is 4.79 Å². The molecule has 0 radical (unpaired) electrons. The Morgan fingerprint density at radius 1 is 1.07 bits per heavy atom. The summed E-state index contributed by atoms with van der Waals surface area (Å²) in [6.07, 6.45) is 3.60. The van der Waals surface area contributed by atoms with Crippen molar-refractivity contribution < 1.29 is 4.79 Å². The van der Waals surface area contributed by atoms with Gasteiger partial charge in [0.15, 0.2) is 5.78 Å². The van der Waals surface area contributed by atoms with Gasteiger partial charge in [-0.25, -0.2) is 0 Å². The number of carbonyl (C=O) groups excluding carboxylic acids is 1. The first-order chi connectivity index (χ1) is 6.63. The molecule has 0 aromatic heterocycles. The van der Waals surface area contributed by atoms with Crippen LogP contribution in [0.2, 0.25) is 0 Å². The minimum atomic E-state index is 0.0879. The number of rotatable bonds is 1. The van der Waals surface area contributed by atoms with E-state index in [1.54, 1.807) is 0 Å². The van der Waals surface area contributed by atoms with Crippen molar-refractivity contribution in [1.29, 1.82) is 0 Å². The van der Waals surface area contributed by atoms with E-state index in [2.05, 4.69) is 47.8 Å². The molecule has 1 unspecified atom stereocenters. The highest BCUT2D eigenvalue weighted by molar-refractivity contribution is 9.10. The fraction of sp³-hybridized carbons (Fsp3) is 0.900. The summed E-state index contributed by atoms with van der Waals surface area (Å²) in [5, 5.41) is 1.08. The maximum absolute atomic E-state index is 11.8. The number of carbonyl (C=O) groups is 1. The first-order valence-corrected chi connectivity index (χ1v) is 7.96. The number of halogens is 3. The Morgan fingerprint density at radius 3 is 2.00 bits per heavy atom. The van der Waals surface area contributed by atoms with Crippen molar-refractivity contribution in [3.05, 3.63) is 0 Å². The fourth-order valence-corrected chi connectivity index (χ4v) is 5.07. The van der Waals surface area contributed by atoms with Crippen LogP contribution in [0.3, 0.4) is 0 Å². The van der Waals surface area contributed by atoms with E-state index in [4.69, 9.17) is 0 Å². The summed E-state index contributed by atoms with van der Waals surface area (Å²) in [4.78, 5) is 12.0. The molecule has 14 heavy (non-hydrogen) atoms. The highest BCUT2D eigenvalue weighted by atomic mass is 79.9. The number of alkyl halides is 3. The smallest absolute Gasteiger partial charge is 0.160 e. The van der Waals surface area contributed by atoms with Gasteiger partial charge in [0.25, 0.3) is 0 Å². The van der Waals surface area contributed by atoms with E-state index < -0.39 is 0 Å². The largest absolute Gasteiger partial charge is 0.297 e. The van der Waals surface area contributed by atoms with E-state index in [1.165, 1.54) is 19.3 Å². The van der Waals surface area contributed by atoms with Crippen LogP contribution in [0.25, 0.3) is 0 Å². The number of Topliss-reactive ketones (excluding diaryl/α,β-unsaturated/α-hetero) is 1. The molecule has 80 valence electrons. The Bertz CT molecular complexity index is 220. The van der Waals surface area contributed by atoms with Crippen molar-refractivity contribution in [2.45, 2.75) is 28.9 Å². The second-order valence-corrected chi connectivity index (χ2v) is 7.07. The summed E-state index contributed by atoms with van der Waals surface area (Å²) in [7, 11) is 0. The van der Waals surface area contributed by atoms with Gasteiger partial charge in [0, 0.05) is 5.33 Å². The molecule has 2 rings (SSSR count). The topological polar surface area (TPSA) is 17.1 Å². The minimum Gasteiger partial charge on any atom is -0.297 e. The molecule has 2 aliphatic carbocycles. The predicted octanol–water partition coefficient (Wildman–Crippen LogP) is 3.52. The molecule has 0 aromatic rings. The Balaban J connectivity index is 2.15. The number of hydrogen-bond acceptors (Lipinski definition) is 1. The molecular formula is C10H13Br3O. The van der Waals surface area contributed by atoms with Crippen LogP contribution in [0, 0.1) is 17.8 Å². The van der Waals surface area contributed by atoms with Crippen molar-refractivity contribution in [1.82, 2.24) is 0 Å². The van der Waals surface area contributed by atoms with E-state index in [-0.39, 0.29) is 9.65 Å². The molecular weight excluding hydrogens is 376 g/mol. The van der Waals surface area contributed by atoms with Gasteiger partial charge in [-0.15, -0.1) is 0 Å². The quantitative estimate of drug-likeness (QED) is 0.628. The Hall–Kier alpha value is 1.11. The molecule has 5 atom stereocenters. The van der Waals surface area contributed by atoms with Crippen LogP contribution in [0.1, 0.15) is 19.3 Å². The lowest BCUT2D eigenvalue weighted by molar-refractivity contribution is -0.122. The number of fused-ring (bicyclic) bond motifs is 2. The molecule has 0 spiro atoms. The van der Waals surface area contributed by atoms with Crippen molar-refractivity contribution in [3.63, 3.8) is 0 Å². The summed E-state index contributed by atoms with van der Waals surface area (Å²) < 4.78 is 0. The maximum atomic E-state index is 11.8. The molecule has 0 heterocycles. The lowest BCUT2D eigenvalue weighted by Gasteiger charge is -2.43. The first-order valence-electron chi connectivity index (χ1n) is 5.01. The van der Waals surface area contributed by atoms with Gasteiger partial charge in [-0.05, 0) is 37.0 Å². The number of hydrogen-bond donors (Lipinski definition) is 0. The van der Waals surface area contributed by atoms with Crippen LogP contribution >= 0.6 is 47.8 Å². The van der Waals surface area contributed by atoms with E-state index in [0.717, 1.165) is 11.2 Å². The van der Waals surface area contributed by atoms with Crippen molar-refractivity contribution in [3.8, 4) is 0 Å². The normalized spacial score (nSPS) is 47.9. The number of ketones is 1. The molecule has 2 saturated carbocycles. The molecule has 0 aromatic carbocycles. The Morgan fingerprint density at radius 2 is 1.57 bits per heavy atom. The standard InChI is InChI=1S/C10H13Br3O/c11-4-5-1-6-3-7(2-5)9(13)10(14)8(6)12/h5-9H,1-4H2/t5?,6-,7+,8-,9+. The molecule has 4 heteroatoms. The first kappa shape index (κ1) is 11.6. The van der Waals surface area contributed by atoms with Gasteiger partial charge in [0.1, 0.15) is 0 Å². The lowest BCUT2D eigenvalue weighted by atomic mass is 9.68. The average molecular weight is 389 g/mol. The van der Waals surface area contributed by atoms with Crippen LogP contribution in [0.4, 0.5) is 0 Å². The van der Waals surface area contributed by atoms with Gasteiger partial charge >= 0.3 is 0 Å². The third kappa shape index (κ3) is 1.99. The maximum Gasteiger partial charge on any atom is 0.160 e. The van der Waals surface area contributed by atoms with E-state index >= 15 is 0 Å². The van der Waals surface area contributed by atoms with Crippen molar-refractivity contribution in [2.75, 3.05) is 5.33 Å². The summed E-state index contributed by atoms with van der Waals surface area (Å²) in [6.45, 7) is 0. The van der Waals surface area contributed by atoms with Gasteiger partial charge in [0.05, 0.1) is 9.65 Å². The average Bonchev–Trinajstić information content (AvgIpc) is 2.23. The fourth-order valence-electron chi connectivity index (χ4n) is 2.75. The molecule has 0 aliphatic heterocycles. The third-order valence-electron chi connectivity index (χ3n) is 3.47. The zero-order chi connectivity index (χ0) is 10.3. The van der Waals surface area contributed by atoms with Crippen molar-refractivity contribution in [2.24, 2.45) is 17.8 Å². The summed E-state index contributed by atoms with van der Waals surface area (Å²) in [6, 6.07) is 0. The highest BCUT2D eigenvalue weighted by Gasteiger charge is 2.45. The van der Waals surface area contributed by atoms with Crippen molar-refractivity contribution >= 4 is 53.6 Å². The Labute approximate surface area is 110 Å². The van der Waals surface area contributed by atoms with E-state index in [0.29, 0.717) is 17.6 Å². The van der Waals surface area contributed by atoms with Gasteiger partial charge < -0.3 is 0 Å². The highest BCUT2D eigenvalue weighted by Crippen LogP contribution is 2.46. The summed E-state index contributed by atoms with van der Waals surface area (Å²) >= 11 is 10.6. The van der Waals surface area contributed by atoms with Gasteiger partial charge in [-0.3, -0.25) is 4.79 Å². The SMILES string of the molecule is O=C1[C@@H](Br)[C@H]2CC(CBr)C[C@H](C2)[C@H]1Br. The van der Waals surface area contributed by atoms with E-state index in [1.807, 2.05) is 0 Å². The predicted molar refractivity (Wildman–Crippen MR) is 68.6 cm³/mol. The van der Waals surface area contributed by atoms with Crippen LogP contribution in [-0.2, 0) is 4.79 Å². The zero-order valence-corrected chi connectivity index (χ0v) is 12.5. The molecule has 2 bridgehead atoms. The van der Waals surface area contributed by atoms with Gasteiger partial charge in [-0.1, -0.05) is 47.8 Å². The molecule has 2 aliphatic rings. The van der Waals surface area contributed by atoms with Crippen LogP contribution in [0.5, 0.6) is 0 Å². The van der Waals surface area contributed by atoms with Gasteiger partial charge in [-0.2, -0.15) is 0 Å². The second kappa shape index (κ2) is 4.54.